The zero-order valence-electron chi connectivity index (χ0n) is 6.31. The van der Waals surface area contributed by atoms with E-state index >= 15 is 0 Å². The predicted octanol–water partition coefficient (Wildman–Crippen LogP) is 0.857. The van der Waals surface area contributed by atoms with Crippen molar-refractivity contribution in [1.29, 1.82) is 0 Å². The highest BCUT2D eigenvalue weighted by Crippen LogP contribution is 2.11. The lowest BCUT2D eigenvalue weighted by Gasteiger charge is -2.00. The largest absolute Gasteiger partial charge is 0.437 e. The minimum atomic E-state index is -3.31. The van der Waals surface area contributed by atoms with Crippen LogP contribution in [0.25, 0.3) is 0 Å². The lowest BCUT2D eigenvalue weighted by molar-refractivity contribution is 0.427. The Balaban J connectivity index is 3.12. The minimum absolute atomic E-state index is 0.201. The van der Waals surface area contributed by atoms with E-state index in [4.69, 9.17) is 0 Å². The summed E-state index contributed by atoms with van der Waals surface area (Å²) >= 11 is 0. The Bertz CT molecular complexity index is 312. The second kappa shape index (κ2) is 2.65. The monoisotopic (exact) mass is 175 g/mol. The van der Waals surface area contributed by atoms with E-state index in [1.54, 1.807) is 13.8 Å². The number of hydrogen-bond donors (Lipinski definition) is 0. The lowest BCUT2D eigenvalue weighted by atomic mass is 10.6. The molecule has 0 atom stereocenters. The number of nitrogens with zero attached hydrogens (tertiary/aromatic N) is 1. The molecule has 62 valence electrons. The molecule has 5 heteroatoms. The summed E-state index contributed by atoms with van der Waals surface area (Å²) in [6.45, 7) is 3.17. The van der Waals surface area contributed by atoms with E-state index in [1.807, 2.05) is 0 Å². The Morgan fingerprint density at radius 1 is 1.55 bits per heavy atom. The first-order valence-corrected chi connectivity index (χ1v) is 4.73. The molecule has 1 heterocycles. The molecule has 4 nitrogen and oxygen atoms in total. The Labute approximate surface area is 65.2 Å². The van der Waals surface area contributed by atoms with Crippen molar-refractivity contribution in [1.82, 2.24) is 4.98 Å². The summed E-state index contributed by atoms with van der Waals surface area (Å²) in [4.78, 5) is 3.55. The van der Waals surface area contributed by atoms with Crippen LogP contribution < -0.4 is 0 Å². The molecular formula is C6H9NO3S. The molecule has 0 radical (unpaired) electrons. The zero-order chi connectivity index (χ0) is 8.48. The third-order valence-electron chi connectivity index (χ3n) is 1.27. The molecule has 0 aromatic carbocycles. The van der Waals surface area contributed by atoms with Gasteiger partial charge in [-0.2, -0.15) is 0 Å². The standard InChI is InChI=1S/C6H9NO3S/c1-5(2)11(8,9)6-7-3-4-10-6/h3-5H,1-2H3. The fraction of sp³-hybridized carbons (Fsp3) is 0.500. The van der Waals surface area contributed by atoms with Gasteiger partial charge in [-0.05, 0) is 13.8 Å². The number of aromatic nitrogens is 1. The van der Waals surface area contributed by atoms with Crippen LogP contribution in [0.3, 0.4) is 0 Å². The summed E-state index contributed by atoms with van der Waals surface area (Å²) < 4.78 is 27.1. The van der Waals surface area contributed by atoms with E-state index in [9.17, 15) is 8.42 Å². The molecule has 0 aliphatic rings. The van der Waals surface area contributed by atoms with Gasteiger partial charge in [0.05, 0.1) is 11.4 Å². The first-order chi connectivity index (χ1) is 5.05. The molecule has 1 aromatic rings. The van der Waals surface area contributed by atoms with E-state index in [0.717, 1.165) is 0 Å². The van der Waals surface area contributed by atoms with Gasteiger partial charge in [0.15, 0.2) is 0 Å². The summed E-state index contributed by atoms with van der Waals surface area (Å²) in [5.74, 6) is 0. The van der Waals surface area contributed by atoms with Crippen LogP contribution in [-0.2, 0) is 9.84 Å². The van der Waals surface area contributed by atoms with Crippen molar-refractivity contribution in [2.24, 2.45) is 0 Å². The second-order valence-corrected chi connectivity index (χ2v) is 4.77. The number of rotatable bonds is 2. The fourth-order valence-corrected chi connectivity index (χ4v) is 1.35. The number of sulfone groups is 1. The Morgan fingerprint density at radius 3 is 2.55 bits per heavy atom. The van der Waals surface area contributed by atoms with Crippen molar-refractivity contribution in [3.05, 3.63) is 12.5 Å². The van der Waals surface area contributed by atoms with Gasteiger partial charge < -0.3 is 4.42 Å². The molecule has 1 aromatic heterocycles. The predicted molar refractivity (Wildman–Crippen MR) is 38.8 cm³/mol. The summed E-state index contributed by atoms with van der Waals surface area (Å²) in [5, 5.41) is -0.686. The van der Waals surface area contributed by atoms with Crippen molar-refractivity contribution >= 4 is 9.84 Å². The molecule has 0 amide bonds. The summed E-state index contributed by atoms with van der Waals surface area (Å²) in [6, 6.07) is 0. The van der Waals surface area contributed by atoms with Crippen LogP contribution in [-0.4, -0.2) is 18.7 Å². The summed E-state index contributed by atoms with van der Waals surface area (Å²) in [7, 11) is -3.31. The zero-order valence-corrected chi connectivity index (χ0v) is 7.13. The van der Waals surface area contributed by atoms with E-state index < -0.39 is 15.1 Å². The van der Waals surface area contributed by atoms with Gasteiger partial charge in [-0.1, -0.05) is 0 Å². The second-order valence-electron chi connectivity index (χ2n) is 2.39. The average molecular weight is 175 g/mol. The van der Waals surface area contributed by atoms with Crippen LogP contribution in [0.2, 0.25) is 0 Å². The van der Waals surface area contributed by atoms with Crippen LogP contribution in [0.15, 0.2) is 22.1 Å². The first-order valence-electron chi connectivity index (χ1n) is 3.18. The van der Waals surface area contributed by atoms with Gasteiger partial charge in [-0.25, -0.2) is 13.4 Å². The van der Waals surface area contributed by atoms with Crippen LogP contribution >= 0.6 is 0 Å². The molecule has 0 unspecified atom stereocenters. The molecule has 1 rings (SSSR count). The van der Waals surface area contributed by atoms with E-state index in [0.29, 0.717) is 0 Å². The van der Waals surface area contributed by atoms with Gasteiger partial charge in [-0.15, -0.1) is 0 Å². The number of hydrogen-bond acceptors (Lipinski definition) is 4. The van der Waals surface area contributed by atoms with E-state index in [1.165, 1.54) is 12.5 Å². The van der Waals surface area contributed by atoms with Crippen molar-refractivity contribution < 1.29 is 12.8 Å². The van der Waals surface area contributed by atoms with Gasteiger partial charge in [0.25, 0.3) is 0 Å². The first kappa shape index (κ1) is 8.26. The molecule has 0 saturated heterocycles. The minimum Gasteiger partial charge on any atom is -0.437 e. The normalized spacial score (nSPS) is 12.3. The van der Waals surface area contributed by atoms with Gasteiger partial charge in [0.1, 0.15) is 6.26 Å². The van der Waals surface area contributed by atoms with Gasteiger partial charge in [0.2, 0.25) is 9.84 Å². The maximum Gasteiger partial charge on any atom is 0.315 e. The molecule has 0 bridgehead atoms. The van der Waals surface area contributed by atoms with Crippen molar-refractivity contribution in [3.63, 3.8) is 0 Å². The van der Waals surface area contributed by atoms with Crippen LogP contribution in [0.4, 0.5) is 0 Å². The highest BCUT2D eigenvalue weighted by molar-refractivity contribution is 7.91. The maximum absolute atomic E-state index is 11.2. The smallest absolute Gasteiger partial charge is 0.315 e. The Morgan fingerprint density at radius 2 is 2.18 bits per heavy atom. The molecule has 0 fully saturated rings. The molecule has 0 aliphatic carbocycles. The molecule has 11 heavy (non-hydrogen) atoms. The van der Waals surface area contributed by atoms with E-state index in [2.05, 4.69) is 9.40 Å². The van der Waals surface area contributed by atoms with Crippen LogP contribution in [0, 0.1) is 0 Å². The molecule has 0 spiro atoms. The average Bonchev–Trinajstić information content (AvgIpc) is 2.37. The summed E-state index contributed by atoms with van der Waals surface area (Å²) in [5.41, 5.74) is 0. The van der Waals surface area contributed by atoms with Crippen LogP contribution in [0.1, 0.15) is 13.8 Å². The fourth-order valence-electron chi connectivity index (χ4n) is 0.553. The highest BCUT2D eigenvalue weighted by Gasteiger charge is 2.23. The van der Waals surface area contributed by atoms with Gasteiger partial charge in [-0.3, -0.25) is 0 Å². The number of oxazole rings is 1. The topological polar surface area (TPSA) is 60.2 Å². The van der Waals surface area contributed by atoms with Crippen molar-refractivity contribution in [2.45, 2.75) is 24.3 Å². The summed E-state index contributed by atoms with van der Waals surface area (Å²) in [6.07, 6.45) is 2.56. The highest BCUT2D eigenvalue weighted by atomic mass is 32.2. The van der Waals surface area contributed by atoms with Gasteiger partial charge >= 0.3 is 5.22 Å². The lowest BCUT2D eigenvalue weighted by Crippen LogP contribution is -2.14. The quantitative estimate of drug-likeness (QED) is 0.668. The van der Waals surface area contributed by atoms with Gasteiger partial charge in [0, 0.05) is 0 Å². The van der Waals surface area contributed by atoms with Crippen molar-refractivity contribution in [3.8, 4) is 0 Å². The third-order valence-corrected chi connectivity index (χ3v) is 3.20. The Hall–Kier alpha value is -0.840. The molecule has 0 saturated carbocycles. The SMILES string of the molecule is CC(C)S(=O)(=O)c1ncco1. The maximum atomic E-state index is 11.2. The van der Waals surface area contributed by atoms with E-state index in [-0.39, 0.29) is 5.22 Å². The third kappa shape index (κ3) is 1.42. The molecule has 0 N–H and O–H groups in total. The van der Waals surface area contributed by atoms with Crippen molar-refractivity contribution in [2.75, 3.05) is 0 Å². The molecule has 0 aliphatic heterocycles. The molecular weight excluding hydrogens is 166 g/mol. The Kier molecular flexibility index (Phi) is 1.99. The van der Waals surface area contributed by atoms with Crippen LogP contribution in [0.5, 0.6) is 0 Å².